The molecule has 0 aliphatic carbocycles. The summed E-state index contributed by atoms with van der Waals surface area (Å²) in [6.45, 7) is 2.21. The number of amides is 1. The summed E-state index contributed by atoms with van der Waals surface area (Å²) in [5, 5.41) is 7.14. The van der Waals surface area contributed by atoms with Gasteiger partial charge in [0.1, 0.15) is 0 Å². The Labute approximate surface area is 118 Å². The molecule has 0 bridgehead atoms. The highest BCUT2D eigenvalue weighted by molar-refractivity contribution is 5.93. The van der Waals surface area contributed by atoms with Gasteiger partial charge in [-0.15, -0.1) is 0 Å². The van der Waals surface area contributed by atoms with Crippen LogP contribution >= 0.6 is 0 Å². The Morgan fingerprint density at radius 1 is 1.45 bits per heavy atom. The van der Waals surface area contributed by atoms with Gasteiger partial charge in [-0.05, 0) is 25.7 Å². The quantitative estimate of drug-likeness (QED) is 0.872. The molecule has 20 heavy (non-hydrogen) atoms. The van der Waals surface area contributed by atoms with Crippen molar-refractivity contribution in [1.29, 1.82) is 0 Å². The van der Waals surface area contributed by atoms with Crippen LogP contribution in [0.3, 0.4) is 0 Å². The van der Waals surface area contributed by atoms with E-state index >= 15 is 0 Å². The van der Waals surface area contributed by atoms with Gasteiger partial charge < -0.3 is 14.8 Å². The van der Waals surface area contributed by atoms with Gasteiger partial charge in [0.15, 0.2) is 0 Å². The maximum atomic E-state index is 12.2. The lowest BCUT2D eigenvalue weighted by Crippen LogP contribution is -2.51. The van der Waals surface area contributed by atoms with Crippen LogP contribution < -0.4 is 5.32 Å². The topological polar surface area (TPSA) is 65.4 Å². The van der Waals surface area contributed by atoms with E-state index < -0.39 is 0 Å². The number of rotatable bonds is 2. The minimum absolute atomic E-state index is 0.0489. The molecule has 110 valence electrons. The summed E-state index contributed by atoms with van der Waals surface area (Å²) in [4.78, 5) is 12.2. The van der Waals surface area contributed by atoms with Crippen molar-refractivity contribution in [2.24, 2.45) is 7.05 Å². The fourth-order valence-electron chi connectivity index (χ4n) is 3.05. The zero-order valence-corrected chi connectivity index (χ0v) is 11.8. The molecule has 0 aromatic carbocycles. The van der Waals surface area contributed by atoms with E-state index in [1.807, 2.05) is 7.05 Å². The lowest BCUT2D eigenvalue weighted by Gasteiger charge is -2.43. The molecule has 3 heterocycles. The van der Waals surface area contributed by atoms with E-state index in [2.05, 4.69) is 10.4 Å². The molecule has 1 amide bonds. The zero-order chi connectivity index (χ0) is 14.0. The zero-order valence-electron chi connectivity index (χ0n) is 11.8. The van der Waals surface area contributed by atoms with Crippen LogP contribution in [0.15, 0.2) is 12.4 Å². The van der Waals surface area contributed by atoms with Crippen molar-refractivity contribution in [2.75, 3.05) is 19.8 Å². The Morgan fingerprint density at radius 2 is 2.25 bits per heavy atom. The maximum Gasteiger partial charge on any atom is 0.254 e. The fourth-order valence-corrected chi connectivity index (χ4v) is 3.05. The van der Waals surface area contributed by atoms with Crippen LogP contribution in [0.4, 0.5) is 0 Å². The Bertz CT molecular complexity index is 474. The second-order valence-electron chi connectivity index (χ2n) is 5.71. The number of aromatic nitrogens is 2. The first-order valence-electron chi connectivity index (χ1n) is 7.18. The molecule has 6 heteroatoms. The average Bonchev–Trinajstić information content (AvgIpc) is 2.86. The highest BCUT2D eigenvalue weighted by Gasteiger charge is 2.39. The van der Waals surface area contributed by atoms with Gasteiger partial charge in [-0.1, -0.05) is 0 Å². The largest absolute Gasteiger partial charge is 0.381 e. The van der Waals surface area contributed by atoms with Crippen LogP contribution in [0.2, 0.25) is 0 Å². The van der Waals surface area contributed by atoms with Crippen molar-refractivity contribution in [3.8, 4) is 0 Å². The Hall–Kier alpha value is -1.40. The van der Waals surface area contributed by atoms with Gasteiger partial charge in [-0.25, -0.2) is 0 Å². The third-order valence-electron chi connectivity index (χ3n) is 4.20. The molecule has 2 saturated heterocycles. The van der Waals surface area contributed by atoms with E-state index in [9.17, 15) is 4.79 Å². The summed E-state index contributed by atoms with van der Waals surface area (Å²) in [5.41, 5.74) is 0.517. The lowest BCUT2D eigenvalue weighted by atomic mass is 9.84. The molecule has 0 radical (unpaired) electrons. The van der Waals surface area contributed by atoms with E-state index in [4.69, 9.17) is 9.47 Å². The van der Waals surface area contributed by atoms with Crippen molar-refractivity contribution in [3.05, 3.63) is 18.0 Å². The number of hydrogen-bond acceptors (Lipinski definition) is 4. The van der Waals surface area contributed by atoms with Crippen molar-refractivity contribution >= 4 is 5.91 Å². The van der Waals surface area contributed by atoms with E-state index in [0.29, 0.717) is 12.2 Å². The minimum Gasteiger partial charge on any atom is -0.381 e. The van der Waals surface area contributed by atoms with Gasteiger partial charge in [-0.2, -0.15) is 5.10 Å². The molecule has 1 spiro atoms. The molecule has 0 unspecified atom stereocenters. The number of carbonyl (C=O) groups excluding carboxylic acids is 1. The summed E-state index contributed by atoms with van der Waals surface area (Å²) in [6, 6.07) is 0.176. The molecule has 1 aromatic rings. The van der Waals surface area contributed by atoms with E-state index in [1.54, 1.807) is 17.1 Å². The van der Waals surface area contributed by atoms with Crippen LogP contribution in [0.1, 0.15) is 36.0 Å². The summed E-state index contributed by atoms with van der Waals surface area (Å²) in [5.74, 6) is -0.0489. The summed E-state index contributed by atoms with van der Waals surface area (Å²) in [6.07, 6.45) is 6.92. The monoisotopic (exact) mass is 279 g/mol. The number of ether oxygens (including phenoxy) is 2. The van der Waals surface area contributed by atoms with Gasteiger partial charge >= 0.3 is 0 Å². The molecular weight excluding hydrogens is 258 g/mol. The maximum absolute atomic E-state index is 12.2. The van der Waals surface area contributed by atoms with Crippen LogP contribution in [0.5, 0.6) is 0 Å². The number of nitrogens with one attached hydrogen (secondary N) is 1. The SMILES string of the molecule is Cn1cc(C(=O)N[C@H]2CCOC3(CCOCC3)C2)cn1. The summed E-state index contributed by atoms with van der Waals surface area (Å²) in [7, 11) is 1.81. The first-order chi connectivity index (χ1) is 9.67. The first-order valence-corrected chi connectivity index (χ1v) is 7.18. The standard InChI is InChI=1S/C14H21N3O3/c1-17-10-11(9-15-17)13(18)16-12-2-5-20-14(8-12)3-6-19-7-4-14/h9-10,12H,2-8H2,1H3,(H,16,18)/t12-/m0/s1. The van der Waals surface area contributed by atoms with E-state index in [1.165, 1.54) is 0 Å². The van der Waals surface area contributed by atoms with Crippen molar-refractivity contribution in [3.63, 3.8) is 0 Å². The second-order valence-corrected chi connectivity index (χ2v) is 5.71. The average molecular weight is 279 g/mol. The van der Waals surface area contributed by atoms with Crippen molar-refractivity contribution in [2.45, 2.75) is 37.3 Å². The van der Waals surface area contributed by atoms with E-state index in [0.717, 1.165) is 38.9 Å². The predicted octanol–water partition coefficient (Wildman–Crippen LogP) is 0.878. The van der Waals surface area contributed by atoms with Gasteiger partial charge in [-0.3, -0.25) is 9.48 Å². The van der Waals surface area contributed by atoms with E-state index in [-0.39, 0.29) is 17.6 Å². The molecule has 3 rings (SSSR count). The minimum atomic E-state index is -0.0939. The second kappa shape index (κ2) is 5.54. The highest BCUT2D eigenvalue weighted by Crippen LogP contribution is 2.34. The molecule has 1 aromatic heterocycles. The predicted molar refractivity (Wildman–Crippen MR) is 72.4 cm³/mol. The first kappa shape index (κ1) is 13.6. The normalized spacial score (nSPS) is 25.6. The van der Waals surface area contributed by atoms with Crippen molar-refractivity contribution in [1.82, 2.24) is 15.1 Å². The molecule has 1 atom stereocenters. The van der Waals surface area contributed by atoms with Crippen molar-refractivity contribution < 1.29 is 14.3 Å². The molecular formula is C14H21N3O3. The number of carbonyl (C=O) groups is 1. The molecule has 6 nitrogen and oxygen atoms in total. The van der Waals surface area contributed by atoms with Gasteiger partial charge in [0, 0.05) is 39.1 Å². The van der Waals surface area contributed by atoms with Crippen LogP contribution in [-0.2, 0) is 16.5 Å². The Kier molecular flexibility index (Phi) is 3.76. The third kappa shape index (κ3) is 2.86. The third-order valence-corrected chi connectivity index (χ3v) is 4.20. The van der Waals surface area contributed by atoms with Gasteiger partial charge in [0.25, 0.3) is 5.91 Å². The molecule has 1 N–H and O–H groups in total. The summed E-state index contributed by atoms with van der Waals surface area (Å²) >= 11 is 0. The lowest BCUT2D eigenvalue weighted by molar-refractivity contribution is -0.139. The fraction of sp³-hybridized carbons (Fsp3) is 0.714. The molecule has 2 aliphatic rings. The highest BCUT2D eigenvalue weighted by atomic mass is 16.5. The van der Waals surface area contributed by atoms with Gasteiger partial charge in [0.05, 0.1) is 17.4 Å². The number of nitrogens with zero attached hydrogens (tertiary/aromatic N) is 2. The number of hydrogen-bond donors (Lipinski definition) is 1. The molecule has 0 saturated carbocycles. The van der Waals surface area contributed by atoms with Crippen LogP contribution in [-0.4, -0.2) is 47.2 Å². The Morgan fingerprint density at radius 3 is 2.95 bits per heavy atom. The van der Waals surface area contributed by atoms with Crippen LogP contribution in [0, 0.1) is 0 Å². The van der Waals surface area contributed by atoms with Crippen LogP contribution in [0.25, 0.3) is 0 Å². The molecule has 2 fully saturated rings. The Balaban J connectivity index is 1.61. The summed E-state index contributed by atoms with van der Waals surface area (Å²) < 4.78 is 13.0. The van der Waals surface area contributed by atoms with Gasteiger partial charge in [0.2, 0.25) is 0 Å². The molecule has 2 aliphatic heterocycles. The smallest absolute Gasteiger partial charge is 0.254 e. The number of aryl methyl sites for hydroxylation is 1.